The summed E-state index contributed by atoms with van der Waals surface area (Å²) >= 11 is 0. The monoisotopic (exact) mass is 284 g/mol. The fourth-order valence-corrected chi connectivity index (χ4v) is 2.78. The quantitative estimate of drug-likeness (QED) is 0.816. The van der Waals surface area contributed by atoms with Crippen molar-refractivity contribution in [2.75, 3.05) is 17.2 Å². The van der Waals surface area contributed by atoms with E-state index in [0.29, 0.717) is 12.1 Å². The van der Waals surface area contributed by atoms with Crippen LogP contribution in [0.2, 0.25) is 0 Å². The second-order valence-corrected chi connectivity index (χ2v) is 5.27. The van der Waals surface area contributed by atoms with Crippen LogP contribution in [0.25, 0.3) is 0 Å². The van der Waals surface area contributed by atoms with Crippen LogP contribution in [0.5, 0.6) is 0 Å². The standard InChI is InChI=1S/C17H17FN2O/c18-13-8-9-14(15(19)11-13)17(21)20-10-4-3-6-12-5-1-2-7-16(12)20/h1-2,5,7-9,11H,3-4,6,10,19H2. The van der Waals surface area contributed by atoms with Gasteiger partial charge in [0, 0.05) is 17.9 Å². The molecule has 1 aliphatic heterocycles. The average molecular weight is 284 g/mol. The summed E-state index contributed by atoms with van der Waals surface area (Å²) in [6.45, 7) is 0.659. The zero-order chi connectivity index (χ0) is 14.8. The van der Waals surface area contributed by atoms with Crippen molar-refractivity contribution in [2.24, 2.45) is 0 Å². The van der Waals surface area contributed by atoms with Gasteiger partial charge in [0.25, 0.3) is 5.91 Å². The van der Waals surface area contributed by atoms with E-state index in [-0.39, 0.29) is 11.6 Å². The normalized spacial score (nSPS) is 14.4. The lowest BCUT2D eigenvalue weighted by Crippen LogP contribution is -2.32. The van der Waals surface area contributed by atoms with Crippen LogP contribution in [-0.2, 0) is 6.42 Å². The van der Waals surface area contributed by atoms with Crippen molar-refractivity contribution in [3.8, 4) is 0 Å². The number of hydrogen-bond donors (Lipinski definition) is 1. The van der Waals surface area contributed by atoms with E-state index in [1.165, 1.54) is 23.8 Å². The molecule has 4 heteroatoms. The minimum atomic E-state index is -0.430. The molecule has 3 nitrogen and oxygen atoms in total. The minimum Gasteiger partial charge on any atom is -0.398 e. The molecule has 0 aliphatic carbocycles. The molecule has 2 aromatic rings. The predicted molar refractivity (Wildman–Crippen MR) is 81.9 cm³/mol. The van der Waals surface area contributed by atoms with E-state index in [4.69, 9.17) is 5.73 Å². The van der Waals surface area contributed by atoms with Crippen molar-refractivity contribution in [3.05, 3.63) is 59.4 Å². The molecule has 2 aromatic carbocycles. The summed E-state index contributed by atoms with van der Waals surface area (Å²) in [5.74, 6) is -0.595. The summed E-state index contributed by atoms with van der Waals surface area (Å²) in [4.78, 5) is 14.5. The Morgan fingerprint density at radius 1 is 1.14 bits per heavy atom. The summed E-state index contributed by atoms with van der Waals surface area (Å²) in [5, 5.41) is 0. The Balaban J connectivity index is 2.01. The number of fused-ring (bicyclic) bond motifs is 1. The number of nitrogens with two attached hydrogens (primary N) is 1. The molecule has 3 rings (SSSR count). The van der Waals surface area contributed by atoms with Crippen LogP contribution in [-0.4, -0.2) is 12.5 Å². The number of rotatable bonds is 1. The fraction of sp³-hybridized carbons (Fsp3) is 0.235. The van der Waals surface area contributed by atoms with Crippen LogP contribution in [0.3, 0.4) is 0 Å². The van der Waals surface area contributed by atoms with Crippen molar-refractivity contribution in [3.63, 3.8) is 0 Å². The summed E-state index contributed by atoms with van der Waals surface area (Å²) in [6.07, 6.45) is 2.97. The second-order valence-electron chi connectivity index (χ2n) is 5.27. The van der Waals surface area contributed by atoms with E-state index < -0.39 is 5.82 Å². The van der Waals surface area contributed by atoms with E-state index in [0.717, 1.165) is 24.9 Å². The first-order valence-corrected chi connectivity index (χ1v) is 7.11. The largest absolute Gasteiger partial charge is 0.398 e. The number of amides is 1. The maximum Gasteiger partial charge on any atom is 0.260 e. The Morgan fingerprint density at radius 2 is 1.95 bits per heavy atom. The Labute approximate surface area is 123 Å². The number of nitrogen functional groups attached to an aromatic ring is 1. The lowest BCUT2D eigenvalue weighted by Gasteiger charge is -2.23. The van der Waals surface area contributed by atoms with Gasteiger partial charge in [0.15, 0.2) is 0 Å². The van der Waals surface area contributed by atoms with Gasteiger partial charge in [0.2, 0.25) is 0 Å². The first-order chi connectivity index (χ1) is 10.2. The maximum atomic E-state index is 13.2. The molecule has 0 saturated carbocycles. The molecule has 1 heterocycles. The van der Waals surface area contributed by atoms with Gasteiger partial charge in [-0.15, -0.1) is 0 Å². The van der Waals surface area contributed by atoms with Crippen LogP contribution in [0.15, 0.2) is 42.5 Å². The minimum absolute atomic E-state index is 0.165. The first kappa shape index (κ1) is 13.6. The third kappa shape index (κ3) is 2.61. The number of anilines is 2. The number of benzene rings is 2. The Hall–Kier alpha value is -2.36. The van der Waals surface area contributed by atoms with Gasteiger partial charge in [-0.25, -0.2) is 4.39 Å². The van der Waals surface area contributed by atoms with Crippen molar-refractivity contribution < 1.29 is 9.18 Å². The number of carbonyl (C=O) groups is 1. The van der Waals surface area contributed by atoms with Crippen molar-refractivity contribution in [2.45, 2.75) is 19.3 Å². The molecule has 108 valence electrons. The maximum absolute atomic E-state index is 13.2. The van der Waals surface area contributed by atoms with Crippen LogP contribution in [0.1, 0.15) is 28.8 Å². The van der Waals surface area contributed by atoms with Gasteiger partial charge in [-0.05, 0) is 49.1 Å². The third-order valence-corrected chi connectivity index (χ3v) is 3.85. The number of halogens is 1. The van der Waals surface area contributed by atoms with Gasteiger partial charge < -0.3 is 10.6 Å². The van der Waals surface area contributed by atoms with Crippen LogP contribution >= 0.6 is 0 Å². The van der Waals surface area contributed by atoms with E-state index in [9.17, 15) is 9.18 Å². The molecule has 21 heavy (non-hydrogen) atoms. The van der Waals surface area contributed by atoms with Gasteiger partial charge in [-0.2, -0.15) is 0 Å². The molecule has 0 spiro atoms. The van der Waals surface area contributed by atoms with Gasteiger partial charge in [0.1, 0.15) is 5.82 Å². The lowest BCUT2D eigenvalue weighted by atomic mass is 10.1. The molecule has 2 N–H and O–H groups in total. The van der Waals surface area contributed by atoms with Crippen LogP contribution in [0.4, 0.5) is 15.8 Å². The third-order valence-electron chi connectivity index (χ3n) is 3.85. The van der Waals surface area contributed by atoms with Crippen molar-refractivity contribution in [1.29, 1.82) is 0 Å². The molecule has 0 saturated heterocycles. The molecule has 0 radical (unpaired) electrons. The molecule has 0 bridgehead atoms. The van der Waals surface area contributed by atoms with Crippen LogP contribution in [0, 0.1) is 5.82 Å². The van der Waals surface area contributed by atoms with Gasteiger partial charge >= 0.3 is 0 Å². The molecule has 0 fully saturated rings. The Morgan fingerprint density at radius 3 is 2.76 bits per heavy atom. The number of hydrogen-bond acceptors (Lipinski definition) is 2. The number of para-hydroxylation sites is 1. The highest BCUT2D eigenvalue weighted by Crippen LogP contribution is 2.28. The molecule has 1 aliphatic rings. The predicted octanol–water partition coefficient (Wildman–Crippen LogP) is 3.39. The summed E-state index contributed by atoms with van der Waals surface area (Å²) < 4.78 is 13.2. The van der Waals surface area contributed by atoms with Crippen molar-refractivity contribution >= 4 is 17.3 Å². The van der Waals surface area contributed by atoms with E-state index in [2.05, 4.69) is 6.07 Å². The molecule has 0 unspecified atom stereocenters. The van der Waals surface area contributed by atoms with E-state index in [1.807, 2.05) is 18.2 Å². The molecule has 0 atom stereocenters. The molecular formula is C17H17FN2O. The summed E-state index contributed by atoms with van der Waals surface area (Å²) in [6, 6.07) is 11.8. The van der Waals surface area contributed by atoms with Crippen LogP contribution < -0.4 is 10.6 Å². The van der Waals surface area contributed by atoms with E-state index in [1.54, 1.807) is 4.90 Å². The number of nitrogens with zero attached hydrogens (tertiary/aromatic N) is 1. The average Bonchev–Trinajstić information content (AvgIpc) is 2.69. The molecular weight excluding hydrogens is 267 g/mol. The smallest absolute Gasteiger partial charge is 0.260 e. The number of aryl methyl sites for hydroxylation is 1. The summed E-state index contributed by atoms with van der Waals surface area (Å²) in [5.41, 5.74) is 8.44. The molecule has 1 amide bonds. The highest BCUT2D eigenvalue weighted by atomic mass is 19.1. The van der Waals surface area contributed by atoms with Gasteiger partial charge in [-0.1, -0.05) is 18.2 Å². The second kappa shape index (κ2) is 5.56. The zero-order valence-electron chi connectivity index (χ0n) is 11.7. The Kier molecular flexibility index (Phi) is 3.60. The lowest BCUT2D eigenvalue weighted by molar-refractivity contribution is 0.0988. The van der Waals surface area contributed by atoms with Crippen molar-refractivity contribution in [1.82, 2.24) is 0 Å². The topological polar surface area (TPSA) is 46.3 Å². The van der Waals surface area contributed by atoms with Gasteiger partial charge in [-0.3, -0.25) is 4.79 Å². The number of carbonyl (C=O) groups excluding carboxylic acids is 1. The SMILES string of the molecule is Nc1cc(F)ccc1C(=O)N1CCCCc2ccccc21. The summed E-state index contributed by atoms with van der Waals surface area (Å²) in [7, 11) is 0. The highest BCUT2D eigenvalue weighted by molar-refractivity contribution is 6.09. The highest BCUT2D eigenvalue weighted by Gasteiger charge is 2.23. The fourth-order valence-electron chi connectivity index (χ4n) is 2.78. The zero-order valence-corrected chi connectivity index (χ0v) is 11.7. The Bertz CT molecular complexity index is 684. The molecule has 0 aromatic heterocycles. The first-order valence-electron chi connectivity index (χ1n) is 7.11. The van der Waals surface area contributed by atoms with Gasteiger partial charge in [0.05, 0.1) is 5.56 Å². The van der Waals surface area contributed by atoms with E-state index >= 15 is 0 Å².